The van der Waals surface area contributed by atoms with Crippen LogP contribution in [0.15, 0.2) is 60.9 Å². The fraction of sp³-hybridized carbons (Fsp3) is 0.190. The molecule has 0 aliphatic rings. The third-order valence-corrected chi connectivity index (χ3v) is 4.65. The summed E-state index contributed by atoms with van der Waals surface area (Å²) in [6.07, 6.45) is -2.81. The summed E-state index contributed by atoms with van der Waals surface area (Å²) in [7, 11) is 0. The quantitative estimate of drug-likeness (QED) is 0.318. The summed E-state index contributed by atoms with van der Waals surface area (Å²) in [6, 6.07) is 14.4. The number of nitrogens with zero attached hydrogens (tertiary/aromatic N) is 4. The van der Waals surface area contributed by atoms with Gasteiger partial charge in [0.2, 0.25) is 5.28 Å². The number of nitrogens with one attached hydrogen (secondary N) is 1. The van der Waals surface area contributed by atoms with E-state index in [2.05, 4.69) is 20.3 Å². The Balaban J connectivity index is 1.47. The summed E-state index contributed by atoms with van der Waals surface area (Å²) in [5.74, 6) is 1.22. The van der Waals surface area contributed by atoms with Crippen molar-refractivity contribution < 1.29 is 17.9 Å². The van der Waals surface area contributed by atoms with Crippen LogP contribution in [0.5, 0.6) is 5.75 Å². The average molecular weight is 448 g/mol. The van der Waals surface area contributed by atoms with E-state index < -0.39 is 11.7 Å². The molecule has 0 saturated heterocycles. The van der Waals surface area contributed by atoms with Crippen LogP contribution in [0.2, 0.25) is 5.28 Å². The van der Waals surface area contributed by atoms with Crippen LogP contribution in [-0.2, 0) is 12.7 Å². The first-order valence-corrected chi connectivity index (χ1v) is 9.74. The molecule has 0 atom stereocenters. The zero-order valence-electron chi connectivity index (χ0n) is 16.1. The van der Waals surface area contributed by atoms with E-state index in [1.807, 2.05) is 30.3 Å². The summed E-state index contributed by atoms with van der Waals surface area (Å²) in [6.45, 7) is 1.15. The van der Waals surface area contributed by atoms with Crippen molar-refractivity contribution >= 4 is 28.6 Å². The number of anilines is 1. The lowest BCUT2D eigenvalue weighted by molar-refractivity contribution is -0.137. The van der Waals surface area contributed by atoms with Gasteiger partial charge in [-0.05, 0) is 41.4 Å². The molecule has 0 spiro atoms. The van der Waals surface area contributed by atoms with Crippen molar-refractivity contribution in [2.24, 2.45) is 0 Å². The molecule has 0 amide bonds. The molecule has 2 heterocycles. The second-order valence-corrected chi connectivity index (χ2v) is 7.01. The van der Waals surface area contributed by atoms with E-state index in [9.17, 15) is 13.2 Å². The molecule has 2 aromatic carbocycles. The molecule has 4 rings (SSSR count). The van der Waals surface area contributed by atoms with Gasteiger partial charge in [0.25, 0.3) is 0 Å². The van der Waals surface area contributed by atoms with Crippen molar-refractivity contribution in [3.05, 3.63) is 77.3 Å². The van der Waals surface area contributed by atoms with Gasteiger partial charge in [-0.2, -0.15) is 23.1 Å². The highest BCUT2D eigenvalue weighted by molar-refractivity contribution is 6.28. The summed E-state index contributed by atoms with van der Waals surface area (Å²) >= 11 is 6.08. The van der Waals surface area contributed by atoms with Gasteiger partial charge >= 0.3 is 6.18 Å². The van der Waals surface area contributed by atoms with Crippen LogP contribution in [0.25, 0.3) is 11.2 Å². The average Bonchev–Trinajstić information content (AvgIpc) is 3.14. The molecular weight excluding hydrogens is 431 g/mol. The van der Waals surface area contributed by atoms with Crippen LogP contribution < -0.4 is 10.1 Å². The predicted molar refractivity (Wildman–Crippen MR) is 111 cm³/mol. The molecule has 0 unspecified atom stereocenters. The number of para-hydroxylation sites is 1. The normalized spacial score (nSPS) is 11.6. The SMILES string of the molecule is FC(F)(F)c1ccc(Cn2cnc3c(NCCOc4ccccc4)nc(Cl)nc32)cc1. The van der Waals surface area contributed by atoms with E-state index >= 15 is 0 Å². The molecular formula is C21H17ClF3N5O. The monoisotopic (exact) mass is 447 g/mol. The second-order valence-electron chi connectivity index (χ2n) is 6.67. The van der Waals surface area contributed by atoms with Crippen LogP contribution in [0, 0.1) is 0 Å². The number of halogens is 4. The minimum absolute atomic E-state index is 0.0353. The Morgan fingerprint density at radius 2 is 1.74 bits per heavy atom. The van der Waals surface area contributed by atoms with Crippen molar-refractivity contribution in [3.63, 3.8) is 0 Å². The number of alkyl halides is 3. The first-order valence-electron chi connectivity index (χ1n) is 9.36. The fourth-order valence-corrected chi connectivity index (χ4v) is 3.17. The molecule has 31 heavy (non-hydrogen) atoms. The van der Waals surface area contributed by atoms with E-state index in [1.165, 1.54) is 12.1 Å². The van der Waals surface area contributed by atoms with Crippen molar-refractivity contribution in [1.82, 2.24) is 19.5 Å². The molecule has 1 N–H and O–H groups in total. The predicted octanol–water partition coefficient (Wildman–Crippen LogP) is 5.04. The Morgan fingerprint density at radius 1 is 1.00 bits per heavy atom. The molecule has 0 aliphatic carbocycles. The molecule has 4 aromatic rings. The van der Waals surface area contributed by atoms with E-state index in [0.29, 0.717) is 42.2 Å². The van der Waals surface area contributed by atoms with Gasteiger partial charge in [-0.25, -0.2) is 4.98 Å². The first-order chi connectivity index (χ1) is 14.9. The van der Waals surface area contributed by atoms with Crippen LogP contribution in [0.1, 0.15) is 11.1 Å². The van der Waals surface area contributed by atoms with Crippen LogP contribution in [-0.4, -0.2) is 32.7 Å². The molecule has 2 aromatic heterocycles. The lowest BCUT2D eigenvalue weighted by atomic mass is 10.1. The first kappa shape index (κ1) is 20.9. The van der Waals surface area contributed by atoms with Gasteiger partial charge in [0.1, 0.15) is 12.4 Å². The topological polar surface area (TPSA) is 64.9 Å². The number of imidazole rings is 1. The highest BCUT2D eigenvalue weighted by atomic mass is 35.5. The molecule has 0 saturated carbocycles. The van der Waals surface area contributed by atoms with Crippen molar-refractivity contribution in [1.29, 1.82) is 0 Å². The van der Waals surface area contributed by atoms with E-state index in [0.717, 1.165) is 17.9 Å². The summed E-state index contributed by atoms with van der Waals surface area (Å²) < 4.78 is 45.6. The highest BCUT2D eigenvalue weighted by Crippen LogP contribution is 2.29. The largest absolute Gasteiger partial charge is 0.492 e. The van der Waals surface area contributed by atoms with E-state index in [4.69, 9.17) is 16.3 Å². The minimum Gasteiger partial charge on any atom is -0.492 e. The fourth-order valence-electron chi connectivity index (χ4n) is 3.01. The van der Waals surface area contributed by atoms with Crippen molar-refractivity contribution in [3.8, 4) is 5.75 Å². The minimum atomic E-state index is -4.37. The van der Waals surface area contributed by atoms with Gasteiger partial charge in [-0.3, -0.25) is 0 Å². The second kappa shape index (κ2) is 8.81. The Kier molecular flexibility index (Phi) is 5.94. The van der Waals surface area contributed by atoms with E-state index in [-0.39, 0.29) is 5.28 Å². The molecule has 0 radical (unpaired) electrons. The zero-order valence-corrected chi connectivity index (χ0v) is 16.9. The Morgan fingerprint density at radius 3 is 2.45 bits per heavy atom. The Bertz CT molecular complexity index is 1160. The van der Waals surface area contributed by atoms with Crippen LogP contribution >= 0.6 is 11.6 Å². The molecule has 160 valence electrons. The standard InChI is InChI=1S/C21H17ClF3N5O/c22-20-28-18(26-10-11-31-16-4-2-1-3-5-16)17-19(29-20)30(13-27-17)12-14-6-8-15(9-7-14)21(23,24)25/h1-9,13H,10-12H2,(H,26,28,29). The summed E-state index contributed by atoms with van der Waals surface area (Å²) in [5.41, 5.74) is 0.969. The number of benzene rings is 2. The third kappa shape index (κ3) is 5.05. The Hall–Kier alpha value is -3.33. The van der Waals surface area contributed by atoms with Gasteiger partial charge < -0.3 is 14.6 Å². The number of hydrogen-bond acceptors (Lipinski definition) is 5. The maximum absolute atomic E-state index is 12.8. The number of ether oxygens (including phenoxy) is 1. The molecule has 0 aliphatic heterocycles. The van der Waals surface area contributed by atoms with Gasteiger partial charge in [-0.1, -0.05) is 30.3 Å². The summed E-state index contributed by atoms with van der Waals surface area (Å²) in [5, 5.41) is 3.17. The van der Waals surface area contributed by atoms with Gasteiger partial charge in [0, 0.05) is 0 Å². The van der Waals surface area contributed by atoms with Crippen molar-refractivity contribution in [2.75, 3.05) is 18.5 Å². The van der Waals surface area contributed by atoms with Gasteiger partial charge in [0.05, 0.1) is 25.0 Å². The third-order valence-electron chi connectivity index (χ3n) is 4.48. The smallest absolute Gasteiger partial charge is 0.416 e. The van der Waals surface area contributed by atoms with E-state index in [1.54, 1.807) is 10.9 Å². The molecule has 10 heteroatoms. The highest BCUT2D eigenvalue weighted by Gasteiger charge is 2.29. The van der Waals surface area contributed by atoms with Crippen LogP contribution in [0.4, 0.5) is 19.0 Å². The molecule has 0 fully saturated rings. The summed E-state index contributed by atoms with van der Waals surface area (Å²) in [4.78, 5) is 12.8. The molecule has 6 nitrogen and oxygen atoms in total. The maximum Gasteiger partial charge on any atom is 0.416 e. The number of hydrogen-bond donors (Lipinski definition) is 1. The Labute approximate surface area is 180 Å². The van der Waals surface area contributed by atoms with Crippen molar-refractivity contribution in [2.45, 2.75) is 12.7 Å². The maximum atomic E-state index is 12.8. The lowest BCUT2D eigenvalue weighted by Crippen LogP contribution is -2.13. The lowest BCUT2D eigenvalue weighted by Gasteiger charge is -2.10. The number of rotatable bonds is 7. The molecule has 0 bridgehead atoms. The van der Waals surface area contributed by atoms with Gasteiger partial charge in [0.15, 0.2) is 17.0 Å². The van der Waals surface area contributed by atoms with Crippen LogP contribution in [0.3, 0.4) is 0 Å². The zero-order chi connectivity index (χ0) is 21.8. The van der Waals surface area contributed by atoms with Gasteiger partial charge in [-0.15, -0.1) is 0 Å². The number of aromatic nitrogens is 4. The number of fused-ring (bicyclic) bond motifs is 1.